The molecule has 0 bridgehead atoms. The van der Waals surface area contributed by atoms with E-state index in [9.17, 15) is 18.0 Å². The van der Waals surface area contributed by atoms with Gasteiger partial charge in [-0.1, -0.05) is 31.5 Å². The van der Waals surface area contributed by atoms with E-state index in [1.165, 1.54) is 4.31 Å². The Morgan fingerprint density at radius 1 is 1.15 bits per heavy atom. The number of aryl methyl sites for hydroxylation is 1. The van der Waals surface area contributed by atoms with Gasteiger partial charge in [0.25, 0.3) is 0 Å². The molecule has 1 atom stereocenters. The molecule has 0 aliphatic carbocycles. The second-order valence-corrected chi connectivity index (χ2v) is 9.26. The summed E-state index contributed by atoms with van der Waals surface area (Å²) in [4.78, 5) is 24.0. The molecule has 2 N–H and O–H groups in total. The van der Waals surface area contributed by atoms with Crippen LogP contribution >= 0.6 is 0 Å². The van der Waals surface area contributed by atoms with Gasteiger partial charge in [0.15, 0.2) is 0 Å². The van der Waals surface area contributed by atoms with Gasteiger partial charge < -0.3 is 10.6 Å². The van der Waals surface area contributed by atoms with E-state index in [0.717, 1.165) is 18.4 Å². The van der Waals surface area contributed by atoms with Crippen LogP contribution in [-0.2, 0) is 19.6 Å². The van der Waals surface area contributed by atoms with Crippen molar-refractivity contribution in [1.82, 2.24) is 14.9 Å². The summed E-state index contributed by atoms with van der Waals surface area (Å²) < 4.78 is 27.2. The van der Waals surface area contributed by atoms with Crippen LogP contribution in [0.5, 0.6) is 0 Å². The van der Waals surface area contributed by atoms with Crippen LogP contribution in [0, 0.1) is 12.8 Å². The van der Waals surface area contributed by atoms with E-state index in [2.05, 4.69) is 10.6 Å². The quantitative estimate of drug-likeness (QED) is 0.683. The van der Waals surface area contributed by atoms with E-state index in [1.54, 1.807) is 24.3 Å². The molecule has 0 spiro atoms. The van der Waals surface area contributed by atoms with E-state index in [-0.39, 0.29) is 17.5 Å². The van der Waals surface area contributed by atoms with Gasteiger partial charge >= 0.3 is 11.8 Å². The Morgan fingerprint density at radius 2 is 1.78 bits per heavy atom. The highest BCUT2D eigenvalue weighted by Gasteiger charge is 2.35. The average molecular weight is 396 g/mol. The van der Waals surface area contributed by atoms with E-state index in [0.29, 0.717) is 25.4 Å². The van der Waals surface area contributed by atoms with Crippen molar-refractivity contribution in [1.29, 1.82) is 0 Å². The van der Waals surface area contributed by atoms with E-state index >= 15 is 0 Å². The zero-order chi connectivity index (χ0) is 20.0. The molecule has 0 radical (unpaired) electrons. The van der Waals surface area contributed by atoms with Crippen molar-refractivity contribution in [3.05, 3.63) is 29.8 Å². The SMILES string of the molecule is Cc1ccc(S(=O)(=O)N2CCC[C@@H]2CNC(=O)C(=O)NCCC(C)C)cc1. The van der Waals surface area contributed by atoms with Gasteiger partial charge in [-0.2, -0.15) is 4.31 Å². The number of benzene rings is 1. The van der Waals surface area contributed by atoms with Crippen LogP contribution < -0.4 is 10.6 Å². The van der Waals surface area contributed by atoms with Crippen molar-refractivity contribution in [3.63, 3.8) is 0 Å². The summed E-state index contributed by atoms with van der Waals surface area (Å²) in [6.07, 6.45) is 2.18. The van der Waals surface area contributed by atoms with Gasteiger partial charge in [-0.25, -0.2) is 8.42 Å². The third kappa shape index (κ3) is 5.77. The van der Waals surface area contributed by atoms with Crippen LogP contribution in [0.15, 0.2) is 29.2 Å². The highest BCUT2D eigenvalue weighted by Crippen LogP contribution is 2.25. The Balaban J connectivity index is 1.93. The molecule has 8 heteroatoms. The van der Waals surface area contributed by atoms with Gasteiger partial charge in [-0.3, -0.25) is 9.59 Å². The molecular weight excluding hydrogens is 366 g/mol. The number of hydrogen-bond donors (Lipinski definition) is 2. The lowest BCUT2D eigenvalue weighted by atomic mass is 10.1. The molecule has 0 aromatic heterocycles. The first-order chi connectivity index (χ1) is 12.7. The third-order valence-corrected chi connectivity index (χ3v) is 6.63. The lowest BCUT2D eigenvalue weighted by molar-refractivity contribution is -0.139. The summed E-state index contributed by atoms with van der Waals surface area (Å²) in [7, 11) is -3.62. The molecule has 7 nitrogen and oxygen atoms in total. The largest absolute Gasteiger partial charge is 0.348 e. The number of carbonyl (C=O) groups excluding carboxylic acids is 2. The summed E-state index contributed by atoms with van der Waals surface area (Å²) in [5.74, 6) is -0.965. The zero-order valence-corrected chi connectivity index (χ0v) is 17.0. The number of nitrogens with one attached hydrogen (secondary N) is 2. The van der Waals surface area contributed by atoms with Crippen LogP contribution in [0.1, 0.15) is 38.7 Å². The molecule has 1 aliphatic heterocycles. The lowest BCUT2D eigenvalue weighted by Crippen LogP contribution is -2.47. The van der Waals surface area contributed by atoms with Crippen molar-refractivity contribution >= 4 is 21.8 Å². The van der Waals surface area contributed by atoms with E-state index in [4.69, 9.17) is 0 Å². The Labute approximate surface area is 161 Å². The Morgan fingerprint density at radius 3 is 2.41 bits per heavy atom. The maximum atomic E-state index is 12.9. The molecule has 1 aromatic carbocycles. The number of sulfonamides is 1. The molecule has 1 heterocycles. The highest BCUT2D eigenvalue weighted by molar-refractivity contribution is 7.89. The van der Waals surface area contributed by atoms with Crippen LogP contribution in [-0.4, -0.2) is 50.2 Å². The van der Waals surface area contributed by atoms with E-state index < -0.39 is 21.8 Å². The van der Waals surface area contributed by atoms with Gasteiger partial charge in [-0.15, -0.1) is 0 Å². The van der Waals surface area contributed by atoms with Crippen LogP contribution in [0.25, 0.3) is 0 Å². The number of rotatable bonds is 7. The first-order valence-corrected chi connectivity index (χ1v) is 10.8. The standard InChI is InChI=1S/C19H29N3O4S/c1-14(2)10-11-20-18(23)19(24)21-13-16-5-4-12-22(16)27(25,26)17-8-6-15(3)7-9-17/h6-9,14,16H,4-5,10-13H2,1-3H3,(H,20,23)(H,21,24)/t16-/m1/s1. The summed E-state index contributed by atoms with van der Waals surface area (Å²) in [6.45, 7) is 6.96. The summed E-state index contributed by atoms with van der Waals surface area (Å²) in [6, 6.07) is 6.38. The zero-order valence-electron chi connectivity index (χ0n) is 16.2. The van der Waals surface area contributed by atoms with Gasteiger partial charge in [0.2, 0.25) is 10.0 Å². The van der Waals surface area contributed by atoms with Gasteiger partial charge in [-0.05, 0) is 44.2 Å². The number of carbonyl (C=O) groups is 2. The Bertz CT molecular complexity index is 760. The normalized spacial score (nSPS) is 17.9. The van der Waals surface area contributed by atoms with Gasteiger partial charge in [0.1, 0.15) is 0 Å². The molecule has 2 rings (SSSR count). The van der Waals surface area contributed by atoms with E-state index in [1.807, 2.05) is 20.8 Å². The minimum Gasteiger partial charge on any atom is -0.348 e. The number of hydrogen-bond acceptors (Lipinski definition) is 4. The van der Waals surface area contributed by atoms with Crippen molar-refractivity contribution in [3.8, 4) is 0 Å². The fraction of sp³-hybridized carbons (Fsp3) is 0.579. The third-order valence-electron chi connectivity index (χ3n) is 4.66. The fourth-order valence-corrected chi connectivity index (χ4v) is 4.71. The van der Waals surface area contributed by atoms with Crippen molar-refractivity contribution in [2.45, 2.75) is 51.0 Å². The van der Waals surface area contributed by atoms with Gasteiger partial charge in [0, 0.05) is 25.7 Å². The smallest absolute Gasteiger partial charge is 0.309 e. The highest BCUT2D eigenvalue weighted by atomic mass is 32.2. The summed E-state index contributed by atoms with van der Waals surface area (Å²) >= 11 is 0. The predicted octanol–water partition coefficient (Wildman–Crippen LogP) is 1.43. The van der Waals surface area contributed by atoms with Crippen molar-refractivity contribution in [2.24, 2.45) is 5.92 Å². The molecule has 2 amide bonds. The molecule has 150 valence electrons. The molecule has 1 fully saturated rings. The number of amides is 2. The molecular formula is C19H29N3O4S. The van der Waals surface area contributed by atoms with Crippen LogP contribution in [0.4, 0.5) is 0 Å². The molecule has 1 saturated heterocycles. The topological polar surface area (TPSA) is 95.6 Å². The first kappa shape index (κ1) is 21.4. The number of nitrogens with zero attached hydrogens (tertiary/aromatic N) is 1. The Kier molecular flexibility index (Phi) is 7.38. The molecule has 27 heavy (non-hydrogen) atoms. The molecule has 0 unspecified atom stereocenters. The maximum Gasteiger partial charge on any atom is 0.309 e. The molecule has 1 aromatic rings. The predicted molar refractivity (Wildman–Crippen MR) is 104 cm³/mol. The average Bonchev–Trinajstić information content (AvgIpc) is 3.09. The van der Waals surface area contributed by atoms with Crippen LogP contribution in [0.2, 0.25) is 0 Å². The maximum absolute atomic E-state index is 12.9. The summed E-state index contributed by atoms with van der Waals surface area (Å²) in [5, 5.41) is 5.15. The minimum absolute atomic E-state index is 0.127. The summed E-state index contributed by atoms with van der Waals surface area (Å²) in [5.41, 5.74) is 0.989. The van der Waals surface area contributed by atoms with Crippen molar-refractivity contribution in [2.75, 3.05) is 19.6 Å². The first-order valence-electron chi connectivity index (χ1n) is 9.36. The van der Waals surface area contributed by atoms with Gasteiger partial charge in [0.05, 0.1) is 4.90 Å². The second kappa shape index (κ2) is 9.32. The van der Waals surface area contributed by atoms with Crippen molar-refractivity contribution < 1.29 is 18.0 Å². The fourth-order valence-electron chi connectivity index (χ4n) is 3.02. The minimum atomic E-state index is -3.62. The lowest BCUT2D eigenvalue weighted by Gasteiger charge is -2.24. The Hall–Kier alpha value is -1.93. The monoisotopic (exact) mass is 395 g/mol. The molecule has 1 aliphatic rings. The molecule has 0 saturated carbocycles. The second-order valence-electron chi connectivity index (χ2n) is 7.37. The van der Waals surface area contributed by atoms with Crippen LogP contribution in [0.3, 0.4) is 0 Å².